The molecule has 3 aliphatic rings. The number of hydrogen-bond acceptors (Lipinski definition) is 7. The molecule has 0 saturated heterocycles. The van der Waals surface area contributed by atoms with Gasteiger partial charge >= 0.3 is 0 Å². The van der Waals surface area contributed by atoms with Crippen molar-refractivity contribution < 1.29 is 0 Å². The first-order valence-corrected chi connectivity index (χ1v) is 9.77. The minimum atomic E-state index is -0.917. The van der Waals surface area contributed by atoms with Gasteiger partial charge in [0.2, 0.25) is 5.96 Å². The molecule has 21 heavy (non-hydrogen) atoms. The third-order valence-corrected chi connectivity index (χ3v) is 6.86. The van der Waals surface area contributed by atoms with E-state index in [-0.39, 0.29) is 0 Å². The van der Waals surface area contributed by atoms with Gasteiger partial charge in [-0.15, -0.1) is 0 Å². The highest BCUT2D eigenvalue weighted by Crippen LogP contribution is 2.40. The largest absolute Gasteiger partial charge is 0.369 e. The Morgan fingerprint density at radius 1 is 1.14 bits per heavy atom. The number of nitrogens with one attached hydrogen (secondary N) is 2. The van der Waals surface area contributed by atoms with Crippen LogP contribution in [0, 0.1) is 0 Å². The van der Waals surface area contributed by atoms with Crippen molar-refractivity contribution in [3.8, 4) is 0 Å². The highest BCUT2D eigenvalue weighted by molar-refractivity contribution is 8.02. The minimum absolute atomic E-state index is 0.333. The lowest BCUT2D eigenvalue weighted by Crippen LogP contribution is -2.49. The van der Waals surface area contributed by atoms with Crippen LogP contribution in [0.3, 0.4) is 0 Å². The van der Waals surface area contributed by atoms with Gasteiger partial charge in [-0.3, -0.25) is 4.72 Å². The zero-order valence-corrected chi connectivity index (χ0v) is 14.4. The van der Waals surface area contributed by atoms with Crippen molar-refractivity contribution in [2.75, 3.05) is 0 Å². The molecule has 0 radical (unpaired) electrons. The number of hydrogen-bond donors (Lipinski definition) is 3. The van der Waals surface area contributed by atoms with E-state index >= 15 is 0 Å². The molecule has 2 fully saturated rings. The van der Waals surface area contributed by atoms with Gasteiger partial charge < -0.3 is 11.1 Å². The van der Waals surface area contributed by atoms with E-state index in [1.165, 1.54) is 51.4 Å². The summed E-state index contributed by atoms with van der Waals surface area (Å²) < 4.78 is 2.32. The predicted octanol–water partition coefficient (Wildman–Crippen LogP) is 2.97. The quantitative estimate of drug-likeness (QED) is 0.414. The maximum absolute atomic E-state index is 6.59. The molecule has 1 aliphatic heterocycles. The van der Waals surface area contributed by atoms with Gasteiger partial charge in [-0.2, -0.15) is 9.98 Å². The number of halogens is 1. The molecule has 1 atom stereocenters. The number of alkyl halides is 1. The fourth-order valence-corrected chi connectivity index (χ4v) is 5.76. The van der Waals surface area contributed by atoms with Crippen LogP contribution in [-0.4, -0.2) is 26.9 Å². The minimum Gasteiger partial charge on any atom is -0.369 e. The summed E-state index contributed by atoms with van der Waals surface area (Å²) in [5, 5.41) is 4.19. The molecule has 2 aliphatic carbocycles. The molecular formula is C13H22ClN5S2. The van der Waals surface area contributed by atoms with E-state index in [2.05, 4.69) is 20.0 Å². The number of rotatable bonds is 4. The number of nitrogens with two attached hydrogens (primary N) is 1. The summed E-state index contributed by atoms with van der Waals surface area (Å²) >= 11 is 9.94. The maximum atomic E-state index is 6.59. The van der Waals surface area contributed by atoms with Gasteiger partial charge in [-0.1, -0.05) is 49.0 Å². The lowest BCUT2D eigenvalue weighted by atomic mass is 10.4. The molecule has 5 nitrogen and oxygen atoms in total. The Morgan fingerprint density at radius 2 is 1.76 bits per heavy atom. The van der Waals surface area contributed by atoms with Crippen LogP contribution in [0.2, 0.25) is 0 Å². The third-order valence-electron chi connectivity index (χ3n) is 4.00. The van der Waals surface area contributed by atoms with Crippen LogP contribution in [-0.2, 0) is 0 Å². The van der Waals surface area contributed by atoms with Crippen molar-refractivity contribution in [3.05, 3.63) is 0 Å². The molecule has 4 N–H and O–H groups in total. The number of thioether (sulfide) groups is 1. The van der Waals surface area contributed by atoms with E-state index in [0.29, 0.717) is 22.4 Å². The second kappa shape index (κ2) is 6.87. The smallest absolute Gasteiger partial charge is 0.261 e. The number of nitrogens with zero attached hydrogens (tertiary/aromatic N) is 2. The van der Waals surface area contributed by atoms with Crippen LogP contribution in [0.25, 0.3) is 0 Å². The molecule has 0 aromatic rings. The maximum Gasteiger partial charge on any atom is 0.261 e. The average Bonchev–Trinajstić information content (AvgIpc) is 3.07. The molecule has 2 saturated carbocycles. The lowest BCUT2D eigenvalue weighted by molar-refractivity contribution is 0.745. The van der Waals surface area contributed by atoms with E-state index in [4.69, 9.17) is 17.3 Å². The van der Waals surface area contributed by atoms with E-state index < -0.39 is 4.45 Å². The summed E-state index contributed by atoms with van der Waals surface area (Å²) in [4.78, 5) is 8.74. The van der Waals surface area contributed by atoms with Crippen LogP contribution >= 0.6 is 35.3 Å². The van der Waals surface area contributed by atoms with E-state index in [1.54, 1.807) is 23.7 Å². The first kappa shape index (κ1) is 15.6. The number of aliphatic imine (C=N–C) groups is 2. The highest BCUT2D eigenvalue weighted by Gasteiger charge is 2.36. The Labute approximate surface area is 139 Å². The van der Waals surface area contributed by atoms with Crippen molar-refractivity contribution in [2.24, 2.45) is 15.7 Å². The normalized spacial score (nSPS) is 30.9. The van der Waals surface area contributed by atoms with Gasteiger partial charge in [0.1, 0.15) is 0 Å². The topological polar surface area (TPSA) is 74.8 Å². The SMILES string of the molecule is NC1=NC(NSC2CCCC2)=NC(Cl)(SC2CCCC2)N1. The van der Waals surface area contributed by atoms with Crippen LogP contribution < -0.4 is 15.8 Å². The first-order chi connectivity index (χ1) is 10.1. The van der Waals surface area contributed by atoms with Gasteiger partial charge in [0, 0.05) is 10.5 Å². The zero-order valence-electron chi connectivity index (χ0n) is 12.0. The Hall–Kier alpha value is -0.270. The first-order valence-electron chi connectivity index (χ1n) is 7.63. The van der Waals surface area contributed by atoms with Crippen molar-refractivity contribution in [1.29, 1.82) is 0 Å². The van der Waals surface area contributed by atoms with Gasteiger partial charge in [0.05, 0.1) is 0 Å². The second-order valence-electron chi connectivity index (χ2n) is 5.77. The van der Waals surface area contributed by atoms with Crippen LogP contribution in [0.5, 0.6) is 0 Å². The molecule has 8 heteroatoms. The molecule has 0 bridgehead atoms. The van der Waals surface area contributed by atoms with Crippen LogP contribution in [0.4, 0.5) is 0 Å². The second-order valence-corrected chi connectivity index (χ2v) is 9.14. The Bertz CT molecular complexity index is 432. The van der Waals surface area contributed by atoms with E-state index in [1.807, 2.05) is 0 Å². The van der Waals surface area contributed by atoms with Gasteiger partial charge in [0.15, 0.2) is 5.96 Å². The van der Waals surface area contributed by atoms with Crippen molar-refractivity contribution in [1.82, 2.24) is 10.0 Å². The van der Waals surface area contributed by atoms with E-state index in [9.17, 15) is 0 Å². The predicted molar refractivity (Wildman–Crippen MR) is 93.6 cm³/mol. The molecule has 3 rings (SSSR count). The molecule has 0 amide bonds. The highest BCUT2D eigenvalue weighted by atomic mass is 35.5. The van der Waals surface area contributed by atoms with Gasteiger partial charge in [-0.25, -0.2) is 0 Å². The van der Waals surface area contributed by atoms with Crippen LogP contribution in [0.15, 0.2) is 9.98 Å². The van der Waals surface area contributed by atoms with Crippen LogP contribution in [0.1, 0.15) is 51.4 Å². The van der Waals surface area contributed by atoms with Gasteiger partial charge in [-0.05, 0) is 37.6 Å². The Balaban J connectivity index is 1.60. The fraction of sp³-hybridized carbons (Fsp3) is 0.846. The summed E-state index contributed by atoms with van der Waals surface area (Å²) in [6.45, 7) is 0. The molecule has 0 spiro atoms. The summed E-state index contributed by atoms with van der Waals surface area (Å²) in [6.07, 6.45) is 10.1. The van der Waals surface area contributed by atoms with Gasteiger partial charge in [0.25, 0.3) is 4.45 Å². The fourth-order valence-electron chi connectivity index (χ4n) is 2.96. The Kier molecular flexibility index (Phi) is 5.11. The lowest BCUT2D eigenvalue weighted by Gasteiger charge is -2.30. The summed E-state index contributed by atoms with van der Waals surface area (Å²) in [6, 6.07) is 0. The molecule has 0 aromatic carbocycles. The Morgan fingerprint density at radius 3 is 2.43 bits per heavy atom. The van der Waals surface area contributed by atoms with E-state index in [0.717, 1.165) is 0 Å². The third kappa shape index (κ3) is 4.36. The number of guanidine groups is 2. The molecule has 118 valence electrons. The molecule has 1 unspecified atom stereocenters. The van der Waals surface area contributed by atoms with Crippen molar-refractivity contribution in [2.45, 2.75) is 66.3 Å². The molecular weight excluding hydrogens is 326 g/mol. The summed E-state index contributed by atoms with van der Waals surface area (Å²) in [5.74, 6) is 0.865. The monoisotopic (exact) mass is 347 g/mol. The molecule has 0 aromatic heterocycles. The average molecular weight is 348 g/mol. The molecule has 1 heterocycles. The summed E-state index contributed by atoms with van der Waals surface area (Å²) in [5.41, 5.74) is 5.87. The van der Waals surface area contributed by atoms with Crippen molar-refractivity contribution >= 4 is 47.2 Å². The standard InChI is InChI=1S/C13H22ClN5S2/c14-13(20-9-5-1-2-6-9)17-11(15)16-12(18-13)19-21-10-7-3-4-8-10/h9-10H,1-8H2,(H4,15,16,17,18,19). The summed E-state index contributed by atoms with van der Waals surface area (Å²) in [7, 11) is 0. The zero-order chi connectivity index (χ0) is 14.7. The van der Waals surface area contributed by atoms with Crippen molar-refractivity contribution in [3.63, 3.8) is 0 Å².